The highest BCUT2D eigenvalue weighted by Gasteiger charge is 2.23. The van der Waals surface area contributed by atoms with Crippen LogP contribution in [0, 0.1) is 5.92 Å². The minimum absolute atomic E-state index is 0.618. The molecule has 1 aliphatic rings. The molecule has 1 N–H and O–H groups in total. The largest absolute Gasteiger partial charge is 0.380 e. The first-order valence-electron chi connectivity index (χ1n) is 6.68. The van der Waals surface area contributed by atoms with Crippen LogP contribution in [0.3, 0.4) is 0 Å². The summed E-state index contributed by atoms with van der Waals surface area (Å²) in [5.74, 6) is 0.643. The van der Waals surface area contributed by atoms with E-state index in [2.05, 4.69) is 37.9 Å². The maximum absolute atomic E-state index is 5.66. The molecule has 1 fully saturated rings. The summed E-state index contributed by atoms with van der Waals surface area (Å²) in [6.45, 7) is 14.0. The lowest BCUT2D eigenvalue weighted by atomic mass is 10.1. The highest BCUT2D eigenvalue weighted by Crippen LogP contribution is 2.09. The van der Waals surface area contributed by atoms with E-state index in [9.17, 15) is 0 Å². The molecule has 0 aromatic carbocycles. The van der Waals surface area contributed by atoms with Gasteiger partial charge in [0.25, 0.3) is 0 Å². The van der Waals surface area contributed by atoms with Crippen LogP contribution in [-0.4, -0.2) is 49.8 Å². The molecule has 3 nitrogen and oxygen atoms in total. The molecule has 1 rings (SSSR count). The van der Waals surface area contributed by atoms with E-state index in [-0.39, 0.29) is 0 Å². The zero-order valence-corrected chi connectivity index (χ0v) is 11.3. The second-order valence-corrected chi connectivity index (χ2v) is 5.34. The molecule has 0 saturated carbocycles. The van der Waals surface area contributed by atoms with Crippen molar-refractivity contribution in [2.45, 2.75) is 46.2 Å². The van der Waals surface area contributed by atoms with Crippen LogP contribution >= 0.6 is 0 Å². The second-order valence-electron chi connectivity index (χ2n) is 5.34. The Hall–Kier alpha value is -0.120. The standard InChI is InChI=1S/C13H28N2O/c1-5-13-8-14-12(4)9-15(13)6-7-16-10-11(2)3/h11-14H,5-10H2,1-4H3. The quantitative estimate of drug-likeness (QED) is 0.701. The molecular formula is C13H28N2O. The van der Waals surface area contributed by atoms with Crippen LogP contribution in [0.15, 0.2) is 0 Å². The van der Waals surface area contributed by atoms with Crippen LogP contribution in [0.25, 0.3) is 0 Å². The van der Waals surface area contributed by atoms with Crippen molar-refractivity contribution in [2.75, 3.05) is 32.8 Å². The molecule has 1 heterocycles. The SMILES string of the molecule is CCC1CNC(C)CN1CCOCC(C)C. The van der Waals surface area contributed by atoms with Gasteiger partial charge in [-0.2, -0.15) is 0 Å². The first kappa shape index (κ1) is 13.9. The normalized spacial score (nSPS) is 27.6. The fraction of sp³-hybridized carbons (Fsp3) is 1.00. The number of piperazine rings is 1. The van der Waals surface area contributed by atoms with Crippen LogP contribution in [0.5, 0.6) is 0 Å². The van der Waals surface area contributed by atoms with Gasteiger partial charge < -0.3 is 10.1 Å². The van der Waals surface area contributed by atoms with Crippen molar-refractivity contribution in [1.82, 2.24) is 10.2 Å². The number of hydrogen-bond donors (Lipinski definition) is 1. The Bertz CT molecular complexity index is 185. The molecule has 3 heteroatoms. The summed E-state index contributed by atoms with van der Waals surface area (Å²) in [4.78, 5) is 2.57. The fourth-order valence-electron chi connectivity index (χ4n) is 2.21. The van der Waals surface area contributed by atoms with E-state index in [4.69, 9.17) is 4.74 Å². The predicted octanol–water partition coefficient (Wildman–Crippen LogP) is 1.73. The highest BCUT2D eigenvalue weighted by molar-refractivity contribution is 4.83. The average molecular weight is 228 g/mol. The Morgan fingerprint density at radius 1 is 1.44 bits per heavy atom. The van der Waals surface area contributed by atoms with Gasteiger partial charge in [0.15, 0.2) is 0 Å². The number of nitrogens with one attached hydrogen (secondary N) is 1. The summed E-state index contributed by atoms with van der Waals surface area (Å²) in [5.41, 5.74) is 0. The van der Waals surface area contributed by atoms with E-state index in [0.717, 1.165) is 32.8 Å². The van der Waals surface area contributed by atoms with E-state index in [1.807, 2.05) is 0 Å². The molecule has 0 aromatic rings. The number of hydrogen-bond acceptors (Lipinski definition) is 3. The van der Waals surface area contributed by atoms with Gasteiger partial charge in [-0.05, 0) is 19.3 Å². The van der Waals surface area contributed by atoms with Crippen molar-refractivity contribution in [3.63, 3.8) is 0 Å². The Morgan fingerprint density at radius 2 is 2.19 bits per heavy atom. The van der Waals surface area contributed by atoms with Gasteiger partial charge in [0.2, 0.25) is 0 Å². The van der Waals surface area contributed by atoms with E-state index in [1.54, 1.807) is 0 Å². The smallest absolute Gasteiger partial charge is 0.0593 e. The molecule has 2 atom stereocenters. The van der Waals surface area contributed by atoms with Crippen molar-refractivity contribution >= 4 is 0 Å². The zero-order valence-electron chi connectivity index (χ0n) is 11.3. The van der Waals surface area contributed by atoms with Crippen molar-refractivity contribution in [3.05, 3.63) is 0 Å². The van der Waals surface area contributed by atoms with E-state index in [0.29, 0.717) is 18.0 Å². The van der Waals surface area contributed by atoms with Crippen molar-refractivity contribution in [2.24, 2.45) is 5.92 Å². The van der Waals surface area contributed by atoms with Gasteiger partial charge in [-0.3, -0.25) is 4.90 Å². The van der Waals surface area contributed by atoms with Gasteiger partial charge in [0, 0.05) is 38.3 Å². The molecule has 2 unspecified atom stereocenters. The number of ether oxygens (including phenoxy) is 1. The third kappa shape index (κ3) is 4.81. The number of nitrogens with zero attached hydrogens (tertiary/aromatic N) is 1. The monoisotopic (exact) mass is 228 g/mol. The maximum atomic E-state index is 5.66. The molecule has 0 amide bonds. The summed E-state index contributed by atoms with van der Waals surface area (Å²) in [7, 11) is 0. The Balaban J connectivity index is 2.21. The lowest BCUT2D eigenvalue weighted by molar-refractivity contribution is 0.0558. The second kappa shape index (κ2) is 7.25. The van der Waals surface area contributed by atoms with Crippen molar-refractivity contribution in [3.8, 4) is 0 Å². The summed E-state index contributed by atoms with van der Waals surface area (Å²) in [5, 5.41) is 3.54. The molecule has 1 saturated heterocycles. The highest BCUT2D eigenvalue weighted by atomic mass is 16.5. The zero-order chi connectivity index (χ0) is 12.0. The van der Waals surface area contributed by atoms with Gasteiger partial charge in [0.05, 0.1) is 6.61 Å². The molecule has 0 bridgehead atoms. The topological polar surface area (TPSA) is 24.5 Å². The van der Waals surface area contributed by atoms with Gasteiger partial charge in [-0.15, -0.1) is 0 Å². The van der Waals surface area contributed by atoms with Crippen LogP contribution in [0.1, 0.15) is 34.1 Å². The summed E-state index contributed by atoms with van der Waals surface area (Å²) in [6, 6.07) is 1.31. The molecule has 0 aromatic heterocycles. The molecule has 16 heavy (non-hydrogen) atoms. The average Bonchev–Trinajstić information content (AvgIpc) is 2.24. The van der Waals surface area contributed by atoms with Gasteiger partial charge >= 0.3 is 0 Å². The Morgan fingerprint density at radius 3 is 2.81 bits per heavy atom. The van der Waals surface area contributed by atoms with Crippen LogP contribution in [0.4, 0.5) is 0 Å². The lowest BCUT2D eigenvalue weighted by Gasteiger charge is -2.39. The summed E-state index contributed by atoms with van der Waals surface area (Å²) >= 11 is 0. The van der Waals surface area contributed by atoms with Gasteiger partial charge in [-0.1, -0.05) is 20.8 Å². The van der Waals surface area contributed by atoms with Crippen molar-refractivity contribution in [1.29, 1.82) is 0 Å². The van der Waals surface area contributed by atoms with Crippen LogP contribution in [-0.2, 0) is 4.74 Å². The maximum Gasteiger partial charge on any atom is 0.0593 e. The molecule has 0 spiro atoms. The fourth-order valence-corrected chi connectivity index (χ4v) is 2.21. The third-order valence-corrected chi connectivity index (χ3v) is 3.17. The van der Waals surface area contributed by atoms with E-state index >= 15 is 0 Å². The first-order valence-corrected chi connectivity index (χ1v) is 6.68. The van der Waals surface area contributed by atoms with E-state index < -0.39 is 0 Å². The Labute approximate surface area is 101 Å². The van der Waals surface area contributed by atoms with E-state index in [1.165, 1.54) is 6.42 Å². The Kier molecular flexibility index (Phi) is 6.32. The minimum Gasteiger partial charge on any atom is -0.380 e. The van der Waals surface area contributed by atoms with Crippen LogP contribution < -0.4 is 5.32 Å². The van der Waals surface area contributed by atoms with Crippen LogP contribution in [0.2, 0.25) is 0 Å². The third-order valence-electron chi connectivity index (χ3n) is 3.17. The molecule has 1 aliphatic heterocycles. The summed E-state index contributed by atoms with van der Waals surface area (Å²) < 4.78 is 5.66. The molecular weight excluding hydrogens is 200 g/mol. The summed E-state index contributed by atoms with van der Waals surface area (Å²) in [6.07, 6.45) is 1.23. The van der Waals surface area contributed by atoms with Gasteiger partial charge in [-0.25, -0.2) is 0 Å². The lowest BCUT2D eigenvalue weighted by Crippen LogP contribution is -2.55. The number of rotatable bonds is 6. The van der Waals surface area contributed by atoms with Crippen molar-refractivity contribution < 1.29 is 4.74 Å². The molecule has 0 aliphatic carbocycles. The predicted molar refractivity (Wildman–Crippen MR) is 68.8 cm³/mol. The molecule has 96 valence electrons. The molecule has 0 radical (unpaired) electrons. The van der Waals surface area contributed by atoms with Gasteiger partial charge in [0.1, 0.15) is 0 Å². The minimum atomic E-state index is 0.618. The first-order chi connectivity index (χ1) is 7.63.